The van der Waals surface area contributed by atoms with Crippen LogP contribution in [0, 0.1) is 0 Å². The third kappa shape index (κ3) is 3.06. The zero-order chi connectivity index (χ0) is 16.5. The van der Waals surface area contributed by atoms with Crippen molar-refractivity contribution in [3.63, 3.8) is 0 Å². The Bertz CT molecular complexity index is 637. The summed E-state index contributed by atoms with van der Waals surface area (Å²) in [6, 6.07) is 21.2. The summed E-state index contributed by atoms with van der Waals surface area (Å²) in [7, 11) is 0. The van der Waals surface area contributed by atoms with Crippen LogP contribution in [0.3, 0.4) is 0 Å². The van der Waals surface area contributed by atoms with Crippen molar-refractivity contribution in [1.29, 1.82) is 0 Å². The van der Waals surface area contributed by atoms with Crippen LogP contribution >= 0.6 is 0 Å². The maximum Gasteiger partial charge on any atom is 0.102 e. The highest BCUT2D eigenvalue weighted by molar-refractivity contribution is 5.26. The fourth-order valence-corrected chi connectivity index (χ4v) is 3.68. The van der Waals surface area contributed by atoms with Gasteiger partial charge in [0.2, 0.25) is 0 Å². The van der Waals surface area contributed by atoms with Gasteiger partial charge in [-0.15, -0.1) is 0 Å². The SMILES string of the molecule is CC(ON1C(C)(C)CC[C@@]1(C)c1ccccc1)c1ccccc1. The van der Waals surface area contributed by atoms with E-state index in [9.17, 15) is 0 Å². The lowest BCUT2D eigenvalue weighted by atomic mass is 9.90. The zero-order valence-corrected chi connectivity index (χ0v) is 14.6. The van der Waals surface area contributed by atoms with Gasteiger partial charge in [-0.1, -0.05) is 60.7 Å². The first-order valence-corrected chi connectivity index (χ1v) is 8.51. The number of hydrogen-bond acceptors (Lipinski definition) is 2. The molecule has 23 heavy (non-hydrogen) atoms. The van der Waals surface area contributed by atoms with Gasteiger partial charge in [0.05, 0.1) is 5.54 Å². The molecule has 2 aromatic carbocycles. The Hall–Kier alpha value is -1.64. The van der Waals surface area contributed by atoms with Crippen LogP contribution in [-0.4, -0.2) is 10.6 Å². The second-order valence-corrected chi connectivity index (χ2v) is 7.41. The quantitative estimate of drug-likeness (QED) is 0.742. The van der Waals surface area contributed by atoms with Gasteiger partial charge in [-0.3, -0.25) is 4.84 Å². The summed E-state index contributed by atoms with van der Waals surface area (Å²) in [5.41, 5.74) is 2.47. The lowest BCUT2D eigenvalue weighted by Crippen LogP contribution is -2.48. The summed E-state index contributed by atoms with van der Waals surface area (Å²) >= 11 is 0. The number of nitrogens with zero attached hydrogens (tertiary/aromatic N) is 1. The Morgan fingerprint density at radius 2 is 1.43 bits per heavy atom. The summed E-state index contributed by atoms with van der Waals surface area (Å²) in [6.45, 7) is 8.99. The number of hydroxylamine groups is 2. The molecule has 0 N–H and O–H groups in total. The molecule has 2 atom stereocenters. The summed E-state index contributed by atoms with van der Waals surface area (Å²) < 4.78 is 0. The average Bonchev–Trinajstić information content (AvgIpc) is 2.81. The molecule has 0 aromatic heterocycles. The fraction of sp³-hybridized carbons (Fsp3) is 0.429. The Kier molecular flexibility index (Phi) is 4.31. The van der Waals surface area contributed by atoms with Gasteiger partial charge in [-0.05, 0) is 51.7 Å². The predicted molar refractivity (Wildman–Crippen MR) is 94.9 cm³/mol. The third-order valence-corrected chi connectivity index (χ3v) is 5.15. The molecular formula is C21H27NO. The largest absolute Gasteiger partial charge is 0.290 e. The van der Waals surface area contributed by atoms with E-state index in [1.54, 1.807) is 0 Å². The lowest BCUT2D eigenvalue weighted by Gasteiger charge is -2.43. The molecule has 2 aromatic rings. The van der Waals surface area contributed by atoms with Crippen molar-refractivity contribution in [3.05, 3.63) is 71.8 Å². The molecule has 1 unspecified atom stereocenters. The molecule has 0 aliphatic carbocycles. The summed E-state index contributed by atoms with van der Waals surface area (Å²) in [5, 5.41) is 2.24. The maximum atomic E-state index is 6.52. The number of hydrogen-bond donors (Lipinski definition) is 0. The molecule has 0 saturated carbocycles. The molecule has 122 valence electrons. The lowest BCUT2D eigenvalue weighted by molar-refractivity contribution is -0.275. The van der Waals surface area contributed by atoms with Gasteiger partial charge in [-0.2, -0.15) is 5.06 Å². The molecule has 0 bridgehead atoms. The molecule has 0 radical (unpaired) electrons. The van der Waals surface area contributed by atoms with Crippen LogP contribution in [0.1, 0.15) is 57.8 Å². The van der Waals surface area contributed by atoms with Crippen molar-refractivity contribution < 1.29 is 4.84 Å². The highest BCUT2D eigenvalue weighted by Crippen LogP contribution is 2.48. The van der Waals surface area contributed by atoms with Gasteiger partial charge in [-0.25, -0.2) is 0 Å². The minimum atomic E-state index is -0.0895. The fourth-order valence-electron chi connectivity index (χ4n) is 3.68. The summed E-state index contributed by atoms with van der Waals surface area (Å²) in [4.78, 5) is 6.52. The standard InChI is InChI=1S/C21H27NO/c1-17(18-11-7-5-8-12-18)23-22-20(2,3)15-16-21(22,4)19-13-9-6-10-14-19/h5-14,17H,15-16H2,1-4H3/t17?,21-/m0/s1. The minimum Gasteiger partial charge on any atom is -0.290 e. The molecular weight excluding hydrogens is 282 g/mol. The van der Waals surface area contributed by atoms with Crippen molar-refractivity contribution in [2.45, 2.75) is 57.7 Å². The number of rotatable bonds is 4. The van der Waals surface area contributed by atoms with E-state index in [0.29, 0.717) is 0 Å². The van der Waals surface area contributed by atoms with E-state index in [1.165, 1.54) is 11.1 Å². The van der Waals surface area contributed by atoms with E-state index in [4.69, 9.17) is 4.84 Å². The molecule has 1 fully saturated rings. The molecule has 1 saturated heterocycles. The first-order chi connectivity index (χ1) is 10.9. The van der Waals surface area contributed by atoms with Crippen molar-refractivity contribution in [3.8, 4) is 0 Å². The van der Waals surface area contributed by atoms with Crippen LogP contribution in [0.15, 0.2) is 60.7 Å². The van der Waals surface area contributed by atoms with E-state index in [1.807, 2.05) is 6.07 Å². The zero-order valence-electron chi connectivity index (χ0n) is 14.6. The highest BCUT2D eigenvalue weighted by Gasteiger charge is 2.50. The van der Waals surface area contributed by atoms with E-state index in [0.717, 1.165) is 12.8 Å². The Morgan fingerprint density at radius 3 is 2.04 bits per heavy atom. The van der Waals surface area contributed by atoms with Crippen LogP contribution in [0.5, 0.6) is 0 Å². The van der Waals surface area contributed by atoms with E-state index < -0.39 is 0 Å². The van der Waals surface area contributed by atoms with E-state index >= 15 is 0 Å². The van der Waals surface area contributed by atoms with Crippen molar-refractivity contribution in [2.24, 2.45) is 0 Å². The molecule has 1 aliphatic heterocycles. The summed E-state index contributed by atoms with van der Waals surface area (Å²) in [5.74, 6) is 0. The molecule has 2 heteroatoms. The minimum absolute atomic E-state index is 0.0215. The topological polar surface area (TPSA) is 12.5 Å². The van der Waals surface area contributed by atoms with Gasteiger partial charge in [0, 0.05) is 5.54 Å². The second kappa shape index (κ2) is 6.10. The van der Waals surface area contributed by atoms with Crippen LogP contribution in [0.25, 0.3) is 0 Å². The molecule has 0 amide bonds. The smallest absolute Gasteiger partial charge is 0.102 e. The third-order valence-electron chi connectivity index (χ3n) is 5.15. The van der Waals surface area contributed by atoms with Crippen molar-refractivity contribution in [2.75, 3.05) is 0 Å². The van der Waals surface area contributed by atoms with Crippen LogP contribution in [0.4, 0.5) is 0 Å². The van der Waals surface area contributed by atoms with Crippen molar-refractivity contribution in [1.82, 2.24) is 5.06 Å². The average molecular weight is 309 g/mol. The van der Waals surface area contributed by atoms with E-state index in [2.05, 4.69) is 87.4 Å². The Labute approximate surface area is 140 Å². The van der Waals surface area contributed by atoms with Crippen LogP contribution in [-0.2, 0) is 10.4 Å². The summed E-state index contributed by atoms with van der Waals surface area (Å²) in [6.07, 6.45) is 2.27. The van der Waals surface area contributed by atoms with E-state index in [-0.39, 0.29) is 17.2 Å². The van der Waals surface area contributed by atoms with Gasteiger partial charge in [0.25, 0.3) is 0 Å². The first kappa shape index (κ1) is 16.2. The first-order valence-electron chi connectivity index (χ1n) is 8.51. The van der Waals surface area contributed by atoms with Crippen LogP contribution < -0.4 is 0 Å². The Morgan fingerprint density at radius 1 is 0.870 bits per heavy atom. The molecule has 0 spiro atoms. The van der Waals surface area contributed by atoms with Gasteiger partial charge >= 0.3 is 0 Å². The predicted octanol–water partition coefficient (Wildman–Crippen LogP) is 5.47. The monoisotopic (exact) mass is 309 g/mol. The van der Waals surface area contributed by atoms with Gasteiger partial charge in [0.15, 0.2) is 0 Å². The molecule has 1 aliphatic rings. The Balaban J connectivity index is 1.90. The molecule has 3 rings (SSSR count). The normalized spacial score (nSPS) is 25.4. The molecule has 1 heterocycles. The number of benzene rings is 2. The maximum absolute atomic E-state index is 6.52. The van der Waals surface area contributed by atoms with Gasteiger partial charge < -0.3 is 0 Å². The van der Waals surface area contributed by atoms with Crippen molar-refractivity contribution >= 4 is 0 Å². The van der Waals surface area contributed by atoms with Gasteiger partial charge in [0.1, 0.15) is 6.10 Å². The second-order valence-electron chi connectivity index (χ2n) is 7.41. The highest BCUT2D eigenvalue weighted by atomic mass is 16.7. The molecule has 2 nitrogen and oxygen atoms in total. The van der Waals surface area contributed by atoms with Crippen LogP contribution in [0.2, 0.25) is 0 Å².